The van der Waals surface area contributed by atoms with Crippen molar-refractivity contribution >= 4 is 5.97 Å². The van der Waals surface area contributed by atoms with Crippen molar-refractivity contribution in [1.29, 1.82) is 0 Å². The van der Waals surface area contributed by atoms with E-state index < -0.39 is 6.29 Å². The molecule has 7 unspecified atom stereocenters. The highest BCUT2D eigenvalue weighted by Crippen LogP contribution is 2.49. The lowest BCUT2D eigenvalue weighted by molar-refractivity contribution is -0.154. The van der Waals surface area contributed by atoms with E-state index in [9.17, 15) is 9.90 Å². The van der Waals surface area contributed by atoms with Gasteiger partial charge in [0.1, 0.15) is 0 Å². The molecule has 2 aliphatic heterocycles. The van der Waals surface area contributed by atoms with E-state index in [2.05, 4.69) is 6.92 Å². The van der Waals surface area contributed by atoms with Crippen molar-refractivity contribution in [3.8, 4) is 0 Å². The Kier molecular flexibility index (Phi) is 4.58. The van der Waals surface area contributed by atoms with Gasteiger partial charge in [0.2, 0.25) is 0 Å². The molecule has 0 bridgehead atoms. The Morgan fingerprint density at radius 3 is 2.92 bits per heavy atom. The molecule has 6 heteroatoms. The molecular weight excluding hydrogens is 312 g/mol. The second-order valence-electron chi connectivity index (χ2n) is 7.96. The fraction of sp³-hybridized carbons (Fsp3) is 0.944. The van der Waals surface area contributed by atoms with E-state index in [4.69, 9.17) is 18.9 Å². The summed E-state index contributed by atoms with van der Waals surface area (Å²) in [5.41, 5.74) is 0.0331. The summed E-state index contributed by atoms with van der Waals surface area (Å²) in [7, 11) is 0. The maximum atomic E-state index is 12.1. The largest absolute Gasteiger partial charge is 0.465 e. The van der Waals surface area contributed by atoms with Gasteiger partial charge in [-0.15, -0.1) is 0 Å². The molecule has 7 atom stereocenters. The summed E-state index contributed by atoms with van der Waals surface area (Å²) in [5.74, 6) is 0.0366. The van der Waals surface area contributed by atoms with Gasteiger partial charge in [0.05, 0.1) is 43.0 Å². The van der Waals surface area contributed by atoms with Crippen LogP contribution in [0.4, 0.5) is 0 Å². The molecule has 24 heavy (non-hydrogen) atoms. The zero-order chi connectivity index (χ0) is 16.7. The molecule has 4 fully saturated rings. The second-order valence-corrected chi connectivity index (χ2v) is 7.96. The van der Waals surface area contributed by atoms with Crippen LogP contribution in [0, 0.1) is 11.8 Å². The van der Waals surface area contributed by atoms with Gasteiger partial charge in [-0.2, -0.15) is 0 Å². The van der Waals surface area contributed by atoms with Crippen LogP contribution < -0.4 is 0 Å². The fourth-order valence-corrected chi connectivity index (χ4v) is 4.24. The van der Waals surface area contributed by atoms with E-state index in [1.54, 1.807) is 0 Å². The average molecular weight is 340 g/mol. The Balaban J connectivity index is 1.07. The Bertz CT molecular complexity index is 482. The van der Waals surface area contributed by atoms with Crippen LogP contribution in [0.1, 0.15) is 51.9 Å². The minimum atomic E-state index is -0.728. The first-order valence-corrected chi connectivity index (χ1v) is 9.35. The quantitative estimate of drug-likeness (QED) is 0.329. The molecule has 2 saturated heterocycles. The number of hydrogen-bond acceptors (Lipinski definition) is 6. The first kappa shape index (κ1) is 16.8. The molecule has 6 nitrogen and oxygen atoms in total. The standard InChI is InChI=1S/C18H28O6/c1-18-6-5-12(10-15(18)24-18)17(20)22-8-2-7-21-16(19)11-3-4-13-14(9-11)23-13/h11-16,19H,2-10H2,1H3. The SMILES string of the molecule is CC12CCC(C(=O)OCCCOC(O)C3CCC4OC4C3)CC1O2. The van der Waals surface area contributed by atoms with Crippen LogP contribution in [0.15, 0.2) is 0 Å². The highest BCUT2D eigenvalue weighted by Gasteiger charge is 2.56. The van der Waals surface area contributed by atoms with Crippen LogP contribution in [0.5, 0.6) is 0 Å². The summed E-state index contributed by atoms with van der Waals surface area (Å²) in [6.45, 7) is 2.88. The maximum absolute atomic E-state index is 12.1. The summed E-state index contributed by atoms with van der Waals surface area (Å²) in [5, 5.41) is 10.1. The lowest BCUT2D eigenvalue weighted by Crippen LogP contribution is -2.29. The number of aliphatic hydroxyl groups excluding tert-OH is 1. The molecule has 2 aliphatic carbocycles. The third-order valence-corrected chi connectivity index (χ3v) is 6.13. The topological polar surface area (TPSA) is 80.8 Å². The van der Waals surface area contributed by atoms with Crippen molar-refractivity contribution in [1.82, 2.24) is 0 Å². The van der Waals surface area contributed by atoms with Gasteiger partial charge in [0.25, 0.3) is 0 Å². The van der Waals surface area contributed by atoms with E-state index in [0.29, 0.717) is 31.8 Å². The summed E-state index contributed by atoms with van der Waals surface area (Å²) >= 11 is 0. The Hall–Kier alpha value is -0.690. The van der Waals surface area contributed by atoms with Gasteiger partial charge in [0.15, 0.2) is 6.29 Å². The molecule has 136 valence electrons. The molecule has 0 radical (unpaired) electrons. The lowest BCUT2D eigenvalue weighted by Gasteiger charge is -2.24. The Labute approximate surface area is 142 Å². The third-order valence-electron chi connectivity index (χ3n) is 6.13. The van der Waals surface area contributed by atoms with Crippen LogP contribution >= 0.6 is 0 Å². The number of carbonyl (C=O) groups is 1. The number of carbonyl (C=O) groups excluding carboxylic acids is 1. The van der Waals surface area contributed by atoms with E-state index in [0.717, 1.165) is 38.5 Å². The predicted octanol–water partition coefficient (Wildman–Crippen LogP) is 1.78. The van der Waals surface area contributed by atoms with Gasteiger partial charge >= 0.3 is 5.97 Å². The molecule has 0 spiro atoms. The van der Waals surface area contributed by atoms with Gasteiger partial charge in [-0.25, -0.2) is 0 Å². The monoisotopic (exact) mass is 340 g/mol. The fourth-order valence-electron chi connectivity index (χ4n) is 4.24. The zero-order valence-electron chi connectivity index (χ0n) is 14.3. The summed E-state index contributed by atoms with van der Waals surface area (Å²) < 4.78 is 21.9. The van der Waals surface area contributed by atoms with E-state index >= 15 is 0 Å². The number of fused-ring (bicyclic) bond motifs is 2. The van der Waals surface area contributed by atoms with Crippen LogP contribution in [-0.4, -0.2) is 54.5 Å². The molecule has 0 aromatic rings. The Morgan fingerprint density at radius 1 is 1.25 bits per heavy atom. The van der Waals surface area contributed by atoms with Crippen molar-refractivity contribution in [2.45, 2.75) is 82.1 Å². The van der Waals surface area contributed by atoms with E-state index in [-0.39, 0.29) is 29.5 Å². The van der Waals surface area contributed by atoms with Gasteiger partial charge in [-0.3, -0.25) is 4.79 Å². The smallest absolute Gasteiger partial charge is 0.309 e. The molecular formula is C18H28O6. The number of ether oxygens (including phenoxy) is 4. The van der Waals surface area contributed by atoms with Crippen molar-refractivity contribution < 1.29 is 28.8 Å². The molecule has 4 aliphatic rings. The van der Waals surface area contributed by atoms with Gasteiger partial charge in [-0.05, 0) is 45.4 Å². The Morgan fingerprint density at radius 2 is 2.12 bits per heavy atom. The van der Waals surface area contributed by atoms with Gasteiger partial charge in [-0.1, -0.05) is 0 Å². The first-order valence-electron chi connectivity index (χ1n) is 9.35. The highest BCUT2D eigenvalue weighted by atomic mass is 16.6. The van der Waals surface area contributed by atoms with Crippen molar-refractivity contribution in [3.05, 3.63) is 0 Å². The normalized spacial score (nSPS) is 44.2. The van der Waals surface area contributed by atoms with Gasteiger partial charge < -0.3 is 24.1 Å². The number of hydrogen-bond donors (Lipinski definition) is 1. The minimum absolute atomic E-state index is 0.0224. The van der Waals surface area contributed by atoms with Crippen molar-refractivity contribution in [2.24, 2.45) is 11.8 Å². The van der Waals surface area contributed by atoms with Crippen molar-refractivity contribution in [2.75, 3.05) is 13.2 Å². The molecule has 2 heterocycles. The molecule has 2 saturated carbocycles. The average Bonchev–Trinajstić information content (AvgIpc) is 3.46. The first-order chi connectivity index (χ1) is 11.5. The van der Waals surface area contributed by atoms with Crippen LogP contribution in [-0.2, 0) is 23.7 Å². The number of rotatable bonds is 7. The molecule has 0 amide bonds. The lowest BCUT2D eigenvalue weighted by atomic mass is 9.83. The molecule has 0 aromatic carbocycles. The number of esters is 1. The van der Waals surface area contributed by atoms with Crippen LogP contribution in [0.2, 0.25) is 0 Å². The molecule has 0 aromatic heterocycles. The highest BCUT2D eigenvalue weighted by molar-refractivity contribution is 5.72. The summed E-state index contributed by atoms with van der Waals surface area (Å²) in [4.78, 5) is 12.1. The summed E-state index contributed by atoms with van der Waals surface area (Å²) in [6.07, 6.45) is 6.37. The molecule has 4 rings (SSSR count). The van der Waals surface area contributed by atoms with Crippen LogP contribution in [0.3, 0.4) is 0 Å². The number of aliphatic hydroxyl groups is 1. The third kappa shape index (κ3) is 3.62. The van der Waals surface area contributed by atoms with Crippen LogP contribution in [0.25, 0.3) is 0 Å². The maximum Gasteiger partial charge on any atom is 0.309 e. The van der Waals surface area contributed by atoms with Gasteiger partial charge in [0, 0.05) is 12.3 Å². The number of epoxide rings is 2. The van der Waals surface area contributed by atoms with E-state index in [1.807, 2.05) is 0 Å². The zero-order valence-corrected chi connectivity index (χ0v) is 14.3. The predicted molar refractivity (Wildman–Crippen MR) is 84.2 cm³/mol. The minimum Gasteiger partial charge on any atom is -0.465 e. The summed E-state index contributed by atoms with van der Waals surface area (Å²) in [6, 6.07) is 0. The molecule has 1 N–H and O–H groups in total. The van der Waals surface area contributed by atoms with Crippen molar-refractivity contribution in [3.63, 3.8) is 0 Å². The second kappa shape index (κ2) is 6.56. The van der Waals surface area contributed by atoms with E-state index in [1.165, 1.54) is 0 Å².